The number of ether oxygens (including phenoxy) is 2. The highest BCUT2D eigenvalue weighted by atomic mass is 16.5. The third kappa shape index (κ3) is 2.37. The SMILES string of the molecule is Cc1ccc(OC2COc3ccccc3C2O)cc1C. The summed E-state index contributed by atoms with van der Waals surface area (Å²) in [5, 5.41) is 10.4. The van der Waals surface area contributed by atoms with Gasteiger partial charge in [0.25, 0.3) is 0 Å². The van der Waals surface area contributed by atoms with E-state index in [0.717, 1.165) is 17.1 Å². The lowest BCUT2D eigenvalue weighted by Crippen LogP contribution is -2.35. The fourth-order valence-electron chi connectivity index (χ4n) is 2.38. The molecule has 1 N–H and O–H groups in total. The van der Waals surface area contributed by atoms with Crippen LogP contribution in [0, 0.1) is 13.8 Å². The molecule has 3 heteroatoms. The van der Waals surface area contributed by atoms with Crippen molar-refractivity contribution >= 4 is 0 Å². The molecule has 0 amide bonds. The van der Waals surface area contributed by atoms with Gasteiger partial charge in [-0.2, -0.15) is 0 Å². The molecule has 2 unspecified atom stereocenters. The predicted octanol–water partition coefficient (Wildman–Crippen LogP) is 3.18. The van der Waals surface area contributed by atoms with Gasteiger partial charge >= 0.3 is 0 Å². The van der Waals surface area contributed by atoms with Gasteiger partial charge in [-0.3, -0.25) is 0 Å². The van der Waals surface area contributed by atoms with Crippen LogP contribution in [0.1, 0.15) is 22.8 Å². The zero-order valence-electron chi connectivity index (χ0n) is 11.7. The van der Waals surface area contributed by atoms with Crippen LogP contribution < -0.4 is 9.47 Å². The standard InChI is InChI=1S/C17H18O3/c1-11-7-8-13(9-12(11)2)20-16-10-19-15-6-4-3-5-14(15)17(16)18/h3-9,16-18H,10H2,1-2H3. The molecule has 2 atom stereocenters. The van der Waals surface area contributed by atoms with E-state index in [9.17, 15) is 5.11 Å². The van der Waals surface area contributed by atoms with E-state index in [2.05, 4.69) is 6.92 Å². The number of para-hydroxylation sites is 1. The van der Waals surface area contributed by atoms with Crippen molar-refractivity contribution in [3.8, 4) is 11.5 Å². The summed E-state index contributed by atoms with van der Waals surface area (Å²) in [6.07, 6.45) is -1.05. The summed E-state index contributed by atoms with van der Waals surface area (Å²) >= 11 is 0. The van der Waals surface area contributed by atoms with Gasteiger partial charge < -0.3 is 14.6 Å². The molecule has 3 rings (SSSR count). The van der Waals surface area contributed by atoms with E-state index in [0.29, 0.717) is 6.61 Å². The van der Waals surface area contributed by atoms with E-state index in [4.69, 9.17) is 9.47 Å². The first-order chi connectivity index (χ1) is 9.65. The molecule has 20 heavy (non-hydrogen) atoms. The molecule has 104 valence electrons. The summed E-state index contributed by atoms with van der Waals surface area (Å²) in [4.78, 5) is 0. The third-order valence-electron chi connectivity index (χ3n) is 3.76. The van der Waals surface area contributed by atoms with Gasteiger partial charge in [-0.1, -0.05) is 24.3 Å². The lowest BCUT2D eigenvalue weighted by Gasteiger charge is -2.30. The van der Waals surface area contributed by atoms with Gasteiger partial charge in [0.1, 0.15) is 24.2 Å². The van der Waals surface area contributed by atoms with Gasteiger partial charge in [0, 0.05) is 5.56 Å². The van der Waals surface area contributed by atoms with E-state index in [1.807, 2.05) is 49.4 Å². The zero-order chi connectivity index (χ0) is 14.1. The van der Waals surface area contributed by atoms with Gasteiger partial charge in [-0.05, 0) is 43.2 Å². The topological polar surface area (TPSA) is 38.7 Å². The van der Waals surface area contributed by atoms with Crippen molar-refractivity contribution in [1.82, 2.24) is 0 Å². The van der Waals surface area contributed by atoms with Crippen molar-refractivity contribution in [1.29, 1.82) is 0 Å². The Kier molecular flexibility index (Phi) is 3.36. The van der Waals surface area contributed by atoms with Crippen molar-refractivity contribution < 1.29 is 14.6 Å². The van der Waals surface area contributed by atoms with Crippen LogP contribution in [0.3, 0.4) is 0 Å². The highest BCUT2D eigenvalue weighted by Gasteiger charge is 2.30. The molecule has 0 fully saturated rings. The lowest BCUT2D eigenvalue weighted by molar-refractivity contribution is -0.0103. The third-order valence-corrected chi connectivity index (χ3v) is 3.76. The summed E-state index contributed by atoms with van der Waals surface area (Å²) < 4.78 is 11.5. The molecule has 0 bridgehead atoms. The number of rotatable bonds is 2. The molecule has 2 aromatic carbocycles. The Hall–Kier alpha value is -2.00. The largest absolute Gasteiger partial charge is 0.489 e. The van der Waals surface area contributed by atoms with Crippen molar-refractivity contribution in [2.75, 3.05) is 6.61 Å². The van der Waals surface area contributed by atoms with E-state index in [1.165, 1.54) is 11.1 Å². The van der Waals surface area contributed by atoms with Gasteiger partial charge in [-0.25, -0.2) is 0 Å². The monoisotopic (exact) mass is 270 g/mol. The molecule has 1 aliphatic heterocycles. The minimum atomic E-state index is -0.665. The maximum atomic E-state index is 10.4. The van der Waals surface area contributed by atoms with Crippen LogP contribution in [0.25, 0.3) is 0 Å². The molecular formula is C17H18O3. The average molecular weight is 270 g/mol. The summed E-state index contributed by atoms with van der Waals surface area (Å²) in [5.74, 6) is 1.50. The minimum Gasteiger partial charge on any atom is -0.489 e. The summed E-state index contributed by atoms with van der Waals surface area (Å²) in [6.45, 7) is 4.46. The first-order valence-corrected chi connectivity index (χ1v) is 6.79. The van der Waals surface area contributed by atoms with Crippen molar-refractivity contribution in [3.05, 3.63) is 59.2 Å². The van der Waals surface area contributed by atoms with Crippen LogP contribution >= 0.6 is 0 Å². The Labute approximate surface area is 118 Å². The zero-order valence-corrected chi connectivity index (χ0v) is 11.7. The molecule has 0 saturated carbocycles. The molecule has 0 saturated heterocycles. The Morgan fingerprint density at radius 1 is 1.10 bits per heavy atom. The molecule has 1 heterocycles. The van der Waals surface area contributed by atoms with E-state index in [-0.39, 0.29) is 6.10 Å². The van der Waals surface area contributed by atoms with Crippen LogP contribution in [0.4, 0.5) is 0 Å². The summed E-state index contributed by atoms with van der Waals surface area (Å²) in [6, 6.07) is 13.5. The second-order valence-corrected chi connectivity index (χ2v) is 5.20. The van der Waals surface area contributed by atoms with Crippen LogP contribution in [-0.2, 0) is 0 Å². The van der Waals surface area contributed by atoms with Crippen LogP contribution in [0.5, 0.6) is 11.5 Å². The van der Waals surface area contributed by atoms with E-state index < -0.39 is 6.10 Å². The van der Waals surface area contributed by atoms with E-state index >= 15 is 0 Å². The van der Waals surface area contributed by atoms with Gasteiger partial charge in [-0.15, -0.1) is 0 Å². The Balaban J connectivity index is 1.81. The second-order valence-electron chi connectivity index (χ2n) is 5.20. The van der Waals surface area contributed by atoms with Gasteiger partial charge in [0.15, 0.2) is 6.10 Å². The highest BCUT2D eigenvalue weighted by Crippen LogP contribution is 2.33. The maximum Gasteiger partial charge on any atom is 0.163 e. The Morgan fingerprint density at radius 3 is 2.70 bits per heavy atom. The lowest BCUT2D eigenvalue weighted by atomic mass is 10.0. The number of benzene rings is 2. The molecule has 3 nitrogen and oxygen atoms in total. The van der Waals surface area contributed by atoms with Crippen LogP contribution in [-0.4, -0.2) is 17.8 Å². The summed E-state index contributed by atoms with van der Waals surface area (Å²) in [7, 11) is 0. The minimum absolute atomic E-state index is 0.352. The number of aliphatic hydroxyl groups excluding tert-OH is 1. The molecule has 0 spiro atoms. The van der Waals surface area contributed by atoms with Gasteiger partial charge in [0.05, 0.1) is 0 Å². The summed E-state index contributed by atoms with van der Waals surface area (Å²) in [5.41, 5.74) is 3.19. The first kappa shape index (κ1) is 13.0. The molecule has 0 aromatic heterocycles. The quantitative estimate of drug-likeness (QED) is 0.911. The van der Waals surface area contributed by atoms with Crippen LogP contribution in [0.15, 0.2) is 42.5 Å². The Bertz CT molecular complexity index is 621. The second kappa shape index (κ2) is 5.17. The number of aliphatic hydroxyl groups is 1. The highest BCUT2D eigenvalue weighted by molar-refractivity contribution is 5.38. The Morgan fingerprint density at radius 2 is 1.90 bits per heavy atom. The number of fused-ring (bicyclic) bond motifs is 1. The average Bonchev–Trinajstić information content (AvgIpc) is 2.46. The first-order valence-electron chi connectivity index (χ1n) is 6.79. The van der Waals surface area contributed by atoms with Crippen molar-refractivity contribution in [2.45, 2.75) is 26.1 Å². The molecule has 2 aromatic rings. The maximum absolute atomic E-state index is 10.4. The number of hydrogen-bond acceptors (Lipinski definition) is 3. The van der Waals surface area contributed by atoms with Crippen LogP contribution in [0.2, 0.25) is 0 Å². The van der Waals surface area contributed by atoms with E-state index in [1.54, 1.807) is 0 Å². The smallest absolute Gasteiger partial charge is 0.163 e. The molecule has 0 radical (unpaired) electrons. The van der Waals surface area contributed by atoms with Crippen molar-refractivity contribution in [3.63, 3.8) is 0 Å². The van der Waals surface area contributed by atoms with Gasteiger partial charge in [0.2, 0.25) is 0 Å². The number of aryl methyl sites for hydroxylation is 2. The molecule has 0 aliphatic carbocycles. The van der Waals surface area contributed by atoms with Crippen molar-refractivity contribution in [2.24, 2.45) is 0 Å². The fraction of sp³-hybridized carbons (Fsp3) is 0.294. The normalized spacial score (nSPS) is 20.9. The molecular weight excluding hydrogens is 252 g/mol. The molecule has 1 aliphatic rings. The predicted molar refractivity (Wildman–Crippen MR) is 77.2 cm³/mol. The number of hydrogen-bond donors (Lipinski definition) is 1. The fourth-order valence-corrected chi connectivity index (χ4v) is 2.38.